The number of Topliss-reactive ketones (excluding diaryl/α,β-unsaturated/α-hetero) is 1. The zero-order chi connectivity index (χ0) is 25.4. The summed E-state index contributed by atoms with van der Waals surface area (Å²) in [6, 6.07) is 18.2. The first-order valence-corrected chi connectivity index (χ1v) is 12.5. The van der Waals surface area contributed by atoms with Crippen molar-refractivity contribution in [2.75, 3.05) is 11.9 Å². The Morgan fingerprint density at radius 3 is 2.68 bits per heavy atom. The van der Waals surface area contributed by atoms with E-state index in [2.05, 4.69) is 20.6 Å². The van der Waals surface area contributed by atoms with Crippen molar-refractivity contribution in [3.05, 3.63) is 100 Å². The Kier molecular flexibility index (Phi) is 6.21. The first-order chi connectivity index (χ1) is 18.1. The van der Waals surface area contributed by atoms with E-state index in [1.165, 1.54) is 0 Å². The van der Waals surface area contributed by atoms with E-state index in [9.17, 15) is 4.79 Å². The summed E-state index contributed by atoms with van der Waals surface area (Å²) in [5, 5.41) is 7.05. The van der Waals surface area contributed by atoms with Crippen molar-refractivity contribution in [2.45, 2.75) is 25.0 Å². The van der Waals surface area contributed by atoms with Crippen LogP contribution in [0.25, 0.3) is 11.3 Å². The van der Waals surface area contributed by atoms with Gasteiger partial charge in [-0.15, -0.1) is 0 Å². The van der Waals surface area contributed by atoms with E-state index in [4.69, 9.17) is 27.3 Å². The highest BCUT2D eigenvalue weighted by molar-refractivity contribution is 6.31. The fourth-order valence-electron chi connectivity index (χ4n) is 4.74. The fraction of sp³-hybridized carbons (Fsp3) is 0.179. The zero-order valence-electron chi connectivity index (χ0n) is 19.9. The Morgan fingerprint density at radius 1 is 1.05 bits per heavy atom. The second-order valence-electron chi connectivity index (χ2n) is 9.09. The molecular formula is C28H24ClN7O. The normalized spacial score (nSPS) is 18.4. The number of carbonyl (C=O) groups is 1. The first-order valence-electron chi connectivity index (χ1n) is 12.1. The Hall–Kier alpha value is -3.98. The van der Waals surface area contributed by atoms with Crippen molar-refractivity contribution >= 4 is 34.7 Å². The third-order valence-electron chi connectivity index (χ3n) is 6.65. The third-order valence-corrected chi connectivity index (χ3v) is 6.88. The van der Waals surface area contributed by atoms with Gasteiger partial charge in [-0.05, 0) is 61.5 Å². The maximum Gasteiger partial charge on any atom is 0.227 e. The van der Waals surface area contributed by atoms with Gasteiger partial charge in [0.15, 0.2) is 5.78 Å². The summed E-state index contributed by atoms with van der Waals surface area (Å²) in [4.78, 5) is 31.5. The third kappa shape index (κ3) is 4.62. The standard InChI is InChI=1S/C28H24ClN7O/c29-18-6-9-20-21(13-18)25(23-3-1-2-11-31-23)33-14-17-15-34-28(36-24(17)20)35-19-7-4-16(5-8-19)27(37)26-22(30)10-12-32-26/h1-9,11,13,15,22,26,32H,10,12,14,30H2,(H,34,35,36). The molecule has 0 bridgehead atoms. The minimum atomic E-state index is -0.335. The van der Waals surface area contributed by atoms with Crippen LogP contribution in [0.2, 0.25) is 5.02 Å². The molecule has 4 heterocycles. The SMILES string of the molecule is NC1CCNC1C(=O)c1ccc(Nc2ncc3c(n2)-c2ccc(Cl)cc2C(c2ccccn2)=NC3)cc1. The Balaban J connectivity index is 1.30. The van der Waals surface area contributed by atoms with Gasteiger partial charge in [0.1, 0.15) is 0 Å². The topological polar surface area (TPSA) is 118 Å². The average Bonchev–Trinajstić information content (AvgIpc) is 3.29. The highest BCUT2D eigenvalue weighted by Gasteiger charge is 2.30. The van der Waals surface area contributed by atoms with Crippen LogP contribution >= 0.6 is 11.6 Å². The summed E-state index contributed by atoms with van der Waals surface area (Å²) < 4.78 is 0. The van der Waals surface area contributed by atoms with Crippen molar-refractivity contribution in [3.8, 4) is 11.3 Å². The molecule has 0 amide bonds. The molecule has 1 fully saturated rings. The van der Waals surface area contributed by atoms with Gasteiger partial charge in [-0.2, -0.15) is 0 Å². The fourth-order valence-corrected chi connectivity index (χ4v) is 4.92. The van der Waals surface area contributed by atoms with Gasteiger partial charge in [0, 0.05) is 51.4 Å². The molecule has 0 aliphatic carbocycles. The van der Waals surface area contributed by atoms with E-state index >= 15 is 0 Å². The quantitative estimate of drug-likeness (QED) is 0.346. The van der Waals surface area contributed by atoms with E-state index in [0.717, 1.165) is 52.4 Å². The molecule has 4 aromatic rings. The van der Waals surface area contributed by atoms with Crippen molar-refractivity contribution in [2.24, 2.45) is 10.7 Å². The molecule has 184 valence electrons. The Labute approximate surface area is 219 Å². The van der Waals surface area contributed by atoms with Gasteiger partial charge in [-0.1, -0.05) is 23.7 Å². The molecule has 2 aliphatic heterocycles. The molecular weight excluding hydrogens is 486 g/mol. The number of rotatable bonds is 5. The largest absolute Gasteiger partial charge is 0.326 e. The number of anilines is 2. The van der Waals surface area contributed by atoms with Crippen LogP contribution in [0, 0.1) is 0 Å². The molecule has 0 saturated carbocycles. The summed E-state index contributed by atoms with van der Waals surface area (Å²) in [7, 11) is 0. The predicted octanol–water partition coefficient (Wildman–Crippen LogP) is 4.16. The highest BCUT2D eigenvalue weighted by Crippen LogP contribution is 2.33. The monoisotopic (exact) mass is 509 g/mol. The van der Waals surface area contributed by atoms with Crippen LogP contribution in [0.15, 0.2) is 78.0 Å². The van der Waals surface area contributed by atoms with E-state index in [1.807, 2.05) is 48.5 Å². The molecule has 4 N–H and O–H groups in total. The molecule has 0 radical (unpaired) electrons. The number of nitrogens with one attached hydrogen (secondary N) is 2. The zero-order valence-corrected chi connectivity index (χ0v) is 20.6. The number of aliphatic imine (C=N–C) groups is 1. The van der Waals surface area contributed by atoms with Crippen LogP contribution in [-0.2, 0) is 6.54 Å². The second-order valence-corrected chi connectivity index (χ2v) is 9.52. The van der Waals surface area contributed by atoms with Gasteiger partial charge >= 0.3 is 0 Å². The van der Waals surface area contributed by atoms with E-state index in [1.54, 1.807) is 24.5 Å². The Bertz CT molecular complexity index is 1510. The smallest absolute Gasteiger partial charge is 0.227 e. The lowest BCUT2D eigenvalue weighted by atomic mass is 9.97. The molecule has 9 heteroatoms. The van der Waals surface area contributed by atoms with Crippen LogP contribution in [0.4, 0.5) is 11.6 Å². The van der Waals surface area contributed by atoms with Crippen molar-refractivity contribution in [1.82, 2.24) is 20.3 Å². The number of aromatic nitrogens is 3. The second kappa shape index (κ2) is 9.82. The van der Waals surface area contributed by atoms with Gasteiger partial charge in [0.2, 0.25) is 5.95 Å². The number of hydrogen-bond acceptors (Lipinski definition) is 8. The molecule has 1 saturated heterocycles. The number of halogens is 1. The van der Waals surface area contributed by atoms with Gasteiger partial charge < -0.3 is 16.4 Å². The van der Waals surface area contributed by atoms with E-state index in [0.29, 0.717) is 23.1 Å². The molecule has 8 nitrogen and oxygen atoms in total. The number of pyridine rings is 1. The molecule has 37 heavy (non-hydrogen) atoms. The van der Waals surface area contributed by atoms with Crippen molar-refractivity contribution in [1.29, 1.82) is 0 Å². The highest BCUT2D eigenvalue weighted by atomic mass is 35.5. The average molecular weight is 510 g/mol. The molecule has 0 spiro atoms. The van der Waals surface area contributed by atoms with E-state index < -0.39 is 0 Å². The van der Waals surface area contributed by atoms with Gasteiger partial charge in [0.05, 0.1) is 29.7 Å². The van der Waals surface area contributed by atoms with Gasteiger partial charge in [-0.3, -0.25) is 14.8 Å². The number of fused-ring (bicyclic) bond motifs is 3. The van der Waals surface area contributed by atoms with Crippen molar-refractivity contribution in [3.63, 3.8) is 0 Å². The van der Waals surface area contributed by atoms with Crippen LogP contribution in [0.5, 0.6) is 0 Å². The summed E-state index contributed by atoms with van der Waals surface area (Å²) in [6.07, 6.45) is 4.34. The number of hydrogen-bond donors (Lipinski definition) is 3. The molecule has 2 aromatic heterocycles. The van der Waals surface area contributed by atoms with Crippen LogP contribution in [-0.4, -0.2) is 45.1 Å². The summed E-state index contributed by atoms with van der Waals surface area (Å²) in [6.45, 7) is 1.18. The van der Waals surface area contributed by atoms with Crippen molar-refractivity contribution < 1.29 is 4.79 Å². The molecule has 2 aliphatic rings. The van der Waals surface area contributed by atoms with Crippen LogP contribution in [0.1, 0.15) is 33.6 Å². The molecule has 2 atom stereocenters. The molecule has 2 unspecified atom stereocenters. The lowest BCUT2D eigenvalue weighted by molar-refractivity contribution is 0.0945. The lowest BCUT2D eigenvalue weighted by Gasteiger charge is -2.15. The summed E-state index contributed by atoms with van der Waals surface area (Å²) in [5.41, 5.74) is 12.5. The number of nitrogens with zero attached hydrogens (tertiary/aromatic N) is 4. The maximum absolute atomic E-state index is 12.8. The molecule has 2 aromatic carbocycles. The van der Waals surface area contributed by atoms with Gasteiger partial charge in [-0.25, -0.2) is 9.97 Å². The number of benzene rings is 2. The maximum atomic E-state index is 12.8. The van der Waals surface area contributed by atoms with Crippen LogP contribution < -0.4 is 16.4 Å². The Morgan fingerprint density at radius 2 is 1.92 bits per heavy atom. The first kappa shape index (κ1) is 23.4. The lowest BCUT2D eigenvalue weighted by Crippen LogP contribution is -2.42. The summed E-state index contributed by atoms with van der Waals surface area (Å²) in [5.74, 6) is 0.455. The predicted molar refractivity (Wildman–Crippen MR) is 144 cm³/mol. The number of carbonyl (C=O) groups excluding carboxylic acids is 1. The minimum Gasteiger partial charge on any atom is -0.326 e. The minimum absolute atomic E-state index is 0.0109. The summed E-state index contributed by atoms with van der Waals surface area (Å²) >= 11 is 6.38. The van der Waals surface area contributed by atoms with Crippen LogP contribution in [0.3, 0.4) is 0 Å². The molecule has 6 rings (SSSR count). The number of nitrogens with two attached hydrogens (primary N) is 1. The van der Waals surface area contributed by atoms with E-state index in [-0.39, 0.29) is 17.9 Å². The van der Waals surface area contributed by atoms with Gasteiger partial charge in [0.25, 0.3) is 0 Å². The number of ketones is 1.